The van der Waals surface area contributed by atoms with Gasteiger partial charge < -0.3 is 14.5 Å². The molecule has 198 valence electrons. The van der Waals surface area contributed by atoms with E-state index in [0.717, 1.165) is 44.6 Å². The van der Waals surface area contributed by atoms with E-state index in [0.29, 0.717) is 55.6 Å². The van der Waals surface area contributed by atoms with Crippen LogP contribution in [-0.2, 0) is 10.9 Å². The fourth-order valence-corrected chi connectivity index (χ4v) is 5.79. The molecule has 1 N–H and O–H groups in total. The SMILES string of the molecule is Cc1nc(N2CCC3(CCN(c4nc5c(cnn5C5CCCCO5)c(=O)[nH]4)CC3)C2)cc(C(F)(F)F)n1. The highest BCUT2D eigenvalue weighted by molar-refractivity contribution is 5.74. The molecule has 3 saturated heterocycles. The van der Waals surface area contributed by atoms with Crippen LogP contribution in [0.5, 0.6) is 0 Å². The fourth-order valence-electron chi connectivity index (χ4n) is 5.79. The highest BCUT2D eigenvalue weighted by Crippen LogP contribution is 2.42. The molecule has 0 bridgehead atoms. The molecule has 3 aliphatic heterocycles. The summed E-state index contributed by atoms with van der Waals surface area (Å²) in [5.74, 6) is 0.957. The zero-order valence-corrected chi connectivity index (χ0v) is 20.6. The molecule has 0 amide bonds. The third-order valence-corrected chi connectivity index (χ3v) is 7.88. The number of hydrogen-bond donors (Lipinski definition) is 1. The number of aromatic nitrogens is 6. The summed E-state index contributed by atoms with van der Waals surface area (Å²) < 4.78 is 47.4. The van der Waals surface area contributed by atoms with Crippen molar-refractivity contribution in [2.75, 3.05) is 42.6 Å². The van der Waals surface area contributed by atoms with Crippen LogP contribution < -0.4 is 15.4 Å². The number of nitrogens with one attached hydrogen (secondary N) is 1. The van der Waals surface area contributed by atoms with Gasteiger partial charge in [0.2, 0.25) is 5.95 Å². The third-order valence-electron chi connectivity index (χ3n) is 7.88. The highest BCUT2D eigenvalue weighted by Gasteiger charge is 2.42. The summed E-state index contributed by atoms with van der Waals surface area (Å²) in [4.78, 5) is 32.3. The lowest BCUT2D eigenvalue weighted by Crippen LogP contribution is -2.43. The van der Waals surface area contributed by atoms with Crippen molar-refractivity contribution in [2.45, 2.75) is 57.9 Å². The van der Waals surface area contributed by atoms with Crippen molar-refractivity contribution >= 4 is 22.8 Å². The van der Waals surface area contributed by atoms with Gasteiger partial charge in [-0.3, -0.25) is 9.78 Å². The second-order valence-corrected chi connectivity index (χ2v) is 10.4. The van der Waals surface area contributed by atoms with E-state index in [9.17, 15) is 18.0 Å². The Hall–Kier alpha value is -3.22. The largest absolute Gasteiger partial charge is 0.433 e. The van der Waals surface area contributed by atoms with E-state index in [-0.39, 0.29) is 23.0 Å². The minimum Gasteiger partial charge on any atom is -0.356 e. The number of alkyl halides is 3. The van der Waals surface area contributed by atoms with Gasteiger partial charge >= 0.3 is 6.18 Å². The molecule has 0 saturated carbocycles. The Morgan fingerprint density at radius 3 is 2.54 bits per heavy atom. The van der Waals surface area contributed by atoms with Gasteiger partial charge in [-0.25, -0.2) is 14.6 Å². The predicted octanol–water partition coefficient (Wildman–Crippen LogP) is 3.43. The number of rotatable bonds is 3. The normalized spacial score (nSPS) is 22.3. The summed E-state index contributed by atoms with van der Waals surface area (Å²) in [6.45, 7) is 4.82. The molecule has 13 heteroatoms. The van der Waals surface area contributed by atoms with Crippen molar-refractivity contribution in [2.24, 2.45) is 5.41 Å². The monoisotopic (exact) mass is 518 g/mol. The maximum Gasteiger partial charge on any atom is 0.433 e. The highest BCUT2D eigenvalue weighted by atomic mass is 19.4. The van der Waals surface area contributed by atoms with Gasteiger partial charge in [-0.2, -0.15) is 23.3 Å². The van der Waals surface area contributed by atoms with Crippen LogP contribution in [0.25, 0.3) is 11.0 Å². The summed E-state index contributed by atoms with van der Waals surface area (Å²) in [6.07, 6.45) is 2.26. The average molecular weight is 519 g/mol. The molecule has 6 rings (SSSR count). The number of aromatic amines is 1. The van der Waals surface area contributed by atoms with E-state index in [2.05, 4.69) is 25.0 Å². The van der Waals surface area contributed by atoms with Crippen LogP contribution in [-0.4, -0.2) is 62.5 Å². The van der Waals surface area contributed by atoms with Crippen LogP contribution in [0.1, 0.15) is 56.3 Å². The van der Waals surface area contributed by atoms with Gasteiger partial charge in [0.25, 0.3) is 5.56 Å². The topological polar surface area (TPSA) is 105 Å². The predicted molar refractivity (Wildman–Crippen MR) is 129 cm³/mol. The summed E-state index contributed by atoms with van der Waals surface area (Å²) in [6, 6.07) is 1.05. The molecule has 3 aliphatic rings. The fraction of sp³-hybridized carbons (Fsp3) is 0.625. The smallest absolute Gasteiger partial charge is 0.356 e. The van der Waals surface area contributed by atoms with Gasteiger partial charge in [-0.05, 0) is 50.9 Å². The molecule has 3 aromatic rings. The van der Waals surface area contributed by atoms with Gasteiger partial charge in [0.05, 0.1) is 6.20 Å². The number of H-pyrrole nitrogens is 1. The first-order valence-corrected chi connectivity index (χ1v) is 12.7. The van der Waals surface area contributed by atoms with Gasteiger partial charge in [0.1, 0.15) is 22.7 Å². The molecule has 1 spiro atoms. The lowest BCUT2D eigenvalue weighted by Gasteiger charge is -2.39. The van der Waals surface area contributed by atoms with Crippen LogP contribution >= 0.6 is 0 Å². The van der Waals surface area contributed by atoms with Gasteiger partial charge in [0, 0.05) is 38.9 Å². The summed E-state index contributed by atoms with van der Waals surface area (Å²) in [7, 11) is 0. The van der Waals surface area contributed by atoms with Crippen molar-refractivity contribution in [3.8, 4) is 0 Å². The number of fused-ring (bicyclic) bond motifs is 1. The van der Waals surface area contributed by atoms with E-state index in [1.54, 1.807) is 10.9 Å². The maximum atomic E-state index is 13.3. The second-order valence-electron chi connectivity index (χ2n) is 10.4. The van der Waals surface area contributed by atoms with Gasteiger partial charge in [0.15, 0.2) is 11.9 Å². The Morgan fingerprint density at radius 1 is 1.08 bits per heavy atom. The standard InChI is InChI=1S/C24H29F3N8O2/c1-15-29-17(24(25,26)27)12-18(30-15)34-10-7-23(14-34)5-8-33(9-6-23)22-31-20-16(21(36)32-22)13-28-35(20)19-4-2-3-11-37-19/h12-13,19H,2-11,14H2,1H3,(H,31,32,36). The minimum absolute atomic E-state index is 0.0180. The summed E-state index contributed by atoms with van der Waals surface area (Å²) in [5, 5.41) is 4.83. The molecule has 3 fully saturated rings. The number of ether oxygens (including phenoxy) is 1. The molecular formula is C24H29F3N8O2. The number of nitrogens with zero attached hydrogens (tertiary/aromatic N) is 7. The number of piperidine rings is 1. The van der Waals surface area contributed by atoms with Crippen molar-refractivity contribution in [3.05, 3.63) is 34.1 Å². The molecule has 0 radical (unpaired) electrons. The Bertz CT molecular complexity index is 1360. The van der Waals surface area contributed by atoms with Crippen LogP contribution in [0.2, 0.25) is 0 Å². The number of halogens is 3. The van der Waals surface area contributed by atoms with E-state index in [1.807, 2.05) is 4.90 Å². The summed E-state index contributed by atoms with van der Waals surface area (Å²) >= 11 is 0. The van der Waals surface area contributed by atoms with Crippen molar-refractivity contribution in [1.82, 2.24) is 29.7 Å². The molecule has 10 nitrogen and oxygen atoms in total. The van der Waals surface area contributed by atoms with E-state index in [4.69, 9.17) is 9.72 Å². The Labute approximate surface area is 210 Å². The van der Waals surface area contributed by atoms with Crippen molar-refractivity contribution < 1.29 is 17.9 Å². The van der Waals surface area contributed by atoms with Crippen molar-refractivity contribution in [1.29, 1.82) is 0 Å². The third kappa shape index (κ3) is 4.53. The van der Waals surface area contributed by atoms with Gasteiger partial charge in [-0.15, -0.1) is 0 Å². The molecule has 3 aromatic heterocycles. The average Bonchev–Trinajstić information content (AvgIpc) is 3.49. The number of anilines is 2. The lowest BCUT2D eigenvalue weighted by molar-refractivity contribution is -0.141. The van der Waals surface area contributed by atoms with E-state index >= 15 is 0 Å². The lowest BCUT2D eigenvalue weighted by atomic mass is 9.78. The zero-order chi connectivity index (χ0) is 25.8. The number of aryl methyl sites for hydroxylation is 1. The van der Waals surface area contributed by atoms with E-state index in [1.165, 1.54) is 6.92 Å². The first-order valence-electron chi connectivity index (χ1n) is 12.7. The van der Waals surface area contributed by atoms with Crippen LogP contribution in [0, 0.1) is 12.3 Å². The van der Waals surface area contributed by atoms with Crippen LogP contribution in [0.3, 0.4) is 0 Å². The van der Waals surface area contributed by atoms with Crippen molar-refractivity contribution in [3.63, 3.8) is 0 Å². The second kappa shape index (κ2) is 8.96. The van der Waals surface area contributed by atoms with Gasteiger partial charge in [-0.1, -0.05) is 0 Å². The zero-order valence-electron chi connectivity index (χ0n) is 20.6. The Balaban J connectivity index is 1.18. The Morgan fingerprint density at radius 2 is 1.84 bits per heavy atom. The molecule has 0 aliphatic carbocycles. The number of hydrogen-bond acceptors (Lipinski definition) is 8. The maximum absolute atomic E-state index is 13.3. The molecule has 0 aromatic carbocycles. The van der Waals surface area contributed by atoms with Crippen LogP contribution in [0.15, 0.2) is 17.1 Å². The molecule has 37 heavy (non-hydrogen) atoms. The first kappa shape index (κ1) is 24.1. The van der Waals surface area contributed by atoms with E-state index < -0.39 is 11.9 Å². The molecule has 6 heterocycles. The van der Waals surface area contributed by atoms with Crippen LogP contribution in [0.4, 0.5) is 24.9 Å². The summed E-state index contributed by atoms with van der Waals surface area (Å²) in [5.41, 5.74) is -0.629. The molecule has 1 unspecified atom stereocenters. The molecule has 1 atom stereocenters. The minimum atomic E-state index is -4.51. The Kier molecular flexibility index (Phi) is 5.85. The first-order chi connectivity index (χ1) is 17.7. The molecular weight excluding hydrogens is 489 g/mol. The quantitative estimate of drug-likeness (QED) is 0.562.